The average Bonchev–Trinajstić information content (AvgIpc) is 2.71. The summed E-state index contributed by atoms with van der Waals surface area (Å²) >= 11 is 1.33. The Balaban J connectivity index is 3.22. The second kappa shape index (κ2) is 6.14. The second-order valence-corrected chi connectivity index (χ2v) is 7.46. The van der Waals surface area contributed by atoms with Gasteiger partial charge in [-0.25, -0.2) is 8.42 Å². The van der Waals surface area contributed by atoms with Gasteiger partial charge >= 0.3 is 0 Å². The Morgan fingerprint density at radius 3 is 2.44 bits per heavy atom. The van der Waals surface area contributed by atoms with Crippen LogP contribution in [0.3, 0.4) is 0 Å². The molecule has 0 aromatic carbocycles. The molecule has 0 amide bonds. The first kappa shape index (κ1) is 15.6. The Hall–Kier alpha value is -0.430. The zero-order valence-corrected chi connectivity index (χ0v) is 12.9. The number of thiophene rings is 1. The van der Waals surface area contributed by atoms with E-state index in [1.807, 2.05) is 20.8 Å². The maximum absolute atomic E-state index is 12.6. The largest absolute Gasteiger partial charge is 0.391 e. The summed E-state index contributed by atoms with van der Waals surface area (Å²) in [5.41, 5.74) is 0. The number of hydrogen-bond acceptors (Lipinski definition) is 4. The molecule has 0 saturated heterocycles. The van der Waals surface area contributed by atoms with Gasteiger partial charge in [0.15, 0.2) is 0 Å². The highest BCUT2D eigenvalue weighted by atomic mass is 32.2. The van der Waals surface area contributed by atoms with Gasteiger partial charge in [-0.2, -0.15) is 4.31 Å². The fraction of sp³-hybridized carbons (Fsp3) is 0.667. The molecule has 4 nitrogen and oxygen atoms in total. The van der Waals surface area contributed by atoms with Gasteiger partial charge in [-0.15, -0.1) is 11.3 Å². The maximum Gasteiger partial charge on any atom is 0.244 e. The van der Waals surface area contributed by atoms with Gasteiger partial charge in [-0.3, -0.25) is 0 Å². The average molecular weight is 291 g/mol. The summed E-state index contributed by atoms with van der Waals surface area (Å²) in [6, 6.07) is 1.57. The van der Waals surface area contributed by atoms with Gasteiger partial charge in [-0.05, 0) is 26.3 Å². The number of hydrogen-bond donors (Lipinski definition) is 1. The molecule has 0 fully saturated rings. The van der Waals surface area contributed by atoms with E-state index in [1.54, 1.807) is 13.0 Å². The van der Waals surface area contributed by atoms with Crippen LogP contribution in [0.25, 0.3) is 0 Å². The fourth-order valence-electron chi connectivity index (χ4n) is 1.91. The van der Waals surface area contributed by atoms with Crippen molar-refractivity contribution in [1.82, 2.24) is 4.31 Å². The third-order valence-corrected chi connectivity index (χ3v) is 6.44. The molecule has 1 aromatic heterocycles. The van der Waals surface area contributed by atoms with Crippen LogP contribution >= 0.6 is 11.3 Å². The van der Waals surface area contributed by atoms with Crippen LogP contribution in [0.15, 0.2) is 11.0 Å². The molecular weight excluding hydrogens is 270 g/mol. The third kappa shape index (κ3) is 2.93. The molecule has 1 unspecified atom stereocenters. The van der Waals surface area contributed by atoms with E-state index in [-0.39, 0.29) is 12.6 Å². The normalized spacial score (nSPS) is 14.1. The minimum atomic E-state index is -3.45. The van der Waals surface area contributed by atoms with Crippen molar-refractivity contribution >= 4 is 21.4 Å². The quantitative estimate of drug-likeness (QED) is 0.875. The van der Waals surface area contributed by atoms with Crippen LogP contribution in [0.1, 0.15) is 36.9 Å². The molecule has 1 N–H and O–H groups in total. The zero-order valence-electron chi connectivity index (χ0n) is 11.3. The first-order valence-corrected chi connectivity index (χ1v) is 8.36. The van der Waals surface area contributed by atoms with Gasteiger partial charge in [0, 0.05) is 22.3 Å². The van der Waals surface area contributed by atoms with E-state index in [2.05, 4.69) is 0 Å². The van der Waals surface area contributed by atoms with Gasteiger partial charge in [0.25, 0.3) is 0 Å². The number of aliphatic hydroxyl groups excluding tert-OH is 1. The minimum Gasteiger partial charge on any atom is -0.391 e. The fourth-order valence-corrected chi connectivity index (χ4v) is 5.09. The predicted molar refractivity (Wildman–Crippen MR) is 74.3 cm³/mol. The third-order valence-electron chi connectivity index (χ3n) is 3.06. The molecule has 0 aliphatic heterocycles. The lowest BCUT2D eigenvalue weighted by Gasteiger charge is -2.26. The van der Waals surface area contributed by atoms with Crippen LogP contribution in [-0.2, 0) is 16.6 Å². The number of nitrogens with zero attached hydrogens (tertiary/aromatic N) is 1. The molecule has 1 rings (SSSR count). The molecule has 0 aliphatic rings. The molecule has 1 heterocycles. The van der Waals surface area contributed by atoms with E-state index < -0.39 is 10.0 Å². The van der Waals surface area contributed by atoms with Gasteiger partial charge in [0.05, 0.1) is 11.5 Å². The van der Waals surface area contributed by atoms with Crippen molar-refractivity contribution in [3.8, 4) is 0 Å². The van der Waals surface area contributed by atoms with Crippen LogP contribution in [0.4, 0.5) is 0 Å². The number of aliphatic hydroxyl groups is 1. The molecule has 1 aromatic rings. The van der Waals surface area contributed by atoms with Crippen molar-refractivity contribution in [3.05, 3.63) is 15.8 Å². The predicted octanol–water partition coefficient (Wildman–Crippen LogP) is 2.36. The summed E-state index contributed by atoms with van der Waals surface area (Å²) in [4.78, 5) is 1.76. The minimum absolute atomic E-state index is 0.0168. The smallest absolute Gasteiger partial charge is 0.244 e. The lowest BCUT2D eigenvalue weighted by molar-refractivity contribution is 0.285. The van der Waals surface area contributed by atoms with E-state index in [0.29, 0.717) is 16.3 Å². The van der Waals surface area contributed by atoms with Crippen molar-refractivity contribution in [2.45, 2.75) is 51.7 Å². The lowest BCUT2D eigenvalue weighted by Crippen LogP contribution is -2.38. The molecule has 0 spiro atoms. The number of sulfonamides is 1. The first-order valence-electron chi connectivity index (χ1n) is 6.10. The first-order chi connectivity index (χ1) is 8.38. The van der Waals surface area contributed by atoms with E-state index in [1.165, 1.54) is 15.6 Å². The Labute approximate surface area is 113 Å². The molecular formula is C12H21NO3S2. The monoisotopic (exact) mass is 291 g/mol. The van der Waals surface area contributed by atoms with Crippen molar-refractivity contribution in [2.75, 3.05) is 6.54 Å². The van der Waals surface area contributed by atoms with Crippen molar-refractivity contribution in [3.63, 3.8) is 0 Å². The number of aryl methyl sites for hydroxylation is 1. The summed E-state index contributed by atoms with van der Waals surface area (Å²) in [7, 11) is -3.45. The molecule has 0 saturated carbocycles. The van der Waals surface area contributed by atoms with Crippen molar-refractivity contribution < 1.29 is 13.5 Å². The molecule has 0 bridgehead atoms. The van der Waals surface area contributed by atoms with E-state index in [0.717, 1.165) is 11.3 Å². The van der Waals surface area contributed by atoms with Crippen LogP contribution in [0.2, 0.25) is 0 Å². The molecule has 0 aliphatic carbocycles. The topological polar surface area (TPSA) is 57.6 Å². The Morgan fingerprint density at radius 2 is 2.06 bits per heavy atom. The van der Waals surface area contributed by atoms with E-state index in [4.69, 9.17) is 5.11 Å². The molecule has 0 radical (unpaired) electrons. The standard InChI is InChI=1S/C12H21NO3S2/c1-5-9(3)13(6-2)18(15,16)12-7-11(8-14)17-10(12)4/h7,9,14H,5-6,8H2,1-4H3. The van der Waals surface area contributed by atoms with E-state index >= 15 is 0 Å². The highest BCUT2D eigenvalue weighted by Gasteiger charge is 2.29. The maximum atomic E-state index is 12.6. The highest BCUT2D eigenvalue weighted by molar-refractivity contribution is 7.89. The Bertz CT molecular complexity index is 493. The van der Waals surface area contributed by atoms with Crippen molar-refractivity contribution in [2.24, 2.45) is 0 Å². The summed E-state index contributed by atoms with van der Waals surface area (Å²) in [5.74, 6) is 0. The number of rotatable bonds is 6. The van der Waals surface area contributed by atoms with Gasteiger partial charge in [-0.1, -0.05) is 13.8 Å². The SMILES string of the molecule is CCC(C)N(CC)S(=O)(=O)c1cc(CO)sc1C. The molecule has 6 heteroatoms. The van der Waals surface area contributed by atoms with Gasteiger partial charge in [0.1, 0.15) is 0 Å². The van der Waals surface area contributed by atoms with Crippen LogP contribution in [0.5, 0.6) is 0 Å². The zero-order chi connectivity index (χ0) is 13.9. The highest BCUT2D eigenvalue weighted by Crippen LogP contribution is 2.29. The lowest BCUT2D eigenvalue weighted by atomic mass is 10.3. The van der Waals surface area contributed by atoms with Gasteiger partial charge in [0.2, 0.25) is 10.0 Å². The summed E-state index contributed by atoms with van der Waals surface area (Å²) in [6.45, 7) is 7.86. The van der Waals surface area contributed by atoms with E-state index in [9.17, 15) is 8.42 Å². The molecule has 1 atom stereocenters. The van der Waals surface area contributed by atoms with Crippen LogP contribution in [0, 0.1) is 6.92 Å². The van der Waals surface area contributed by atoms with Crippen LogP contribution < -0.4 is 0 Å². The summed E-state index contributed by atoms with van der Waals surface area (Å²) in [5, 5.41) is 9.09. The van der Waals surface area contributed by atoms with Crippen LogP contribution in [-0.4, -0.2) is 30.4 Å². The Morgan fingerprint density at radius 1 is 1.44 bits per heavy atom. The summed E-state index contributed by atoms with van der Waals surface area (Å²) < 4.78 is 26.6. The van der Waals surface area contributed by atoms with Crippen molar-refractivity contribution in [1.29, 1.82) is 0 Å². The van der Waals surface area contributed by atoms with Gasteiger partial charge < -0.3 is 5.11 Å². The molecule has 18 heavy (non-hydrogen) atoms. The summed E-state index contributed by atoms with van der Waals surface area (Å²) in [6.07, 6.45) is 0.781. The Kier molecular flexibility index (Phi) is 5.33. The second-order valence-electron chi connectivity index (χ2n) is 4.26. The molecule has 104 valence electrons.